The molecule has 4 heterocycles. The number of alkyl halides is 1. The summed E-state index contributed by atoms with van der Waals surface area (Å²) in [5.41, 5.74) is 0.413. The van der Waals surface area contributed by atoms with Crippen molar-refractivity contribution in [3.8, 4) is 17.0 Å². The average Bonchev–Trinajstić information content (AvgIpc) is 3.02. The van der Waals surface area contributed by atoms with Crippen LogP contribution in [0.4, 0.5) is 10.3 Å². The van der Waals surface area contributed by atoms with Crippen molar-refractivity contribution < 1.29 is 9.50 Å². The first-order valence-corrected chi connectivity index (χ1v) is 10.2. The van der Waals surface area contributed by atoms with Crippen LogP contribution in [-0.4, -0.2) is 55.6 Å². The van der Waals surface area contributed by atoms with Gasteiger partial charge in [0.25, 0.3) is 0 Å². The molecule has 8 heteroatoms. The molecule has 0 amide bonds. The molecule has 5 rings (SSSR count). The lowest BCUT2D eigenvalue weighted by Crippen LogP contribution is -2.65. The number of anilines is 1. The molecule has 30 heavy (non-hydrogen) atoms. The summed E-state index contributed by atoms with van der Waals surface area (Å²) in [7, 11) is 1.83. The monoisotopic (exact) mass is 408 g/mol. The Hall–Kier alpha value is -2.87. The van der Waals surface area contributed by atoms with Gasteiger partial charge in [-0.2, -0.15) is 0 Å². The van der Waals surface area contributed by atoms with Crippen molar-refractivity contribution in [1.82, 2.24) is 25.5 Å². The molecule has 3 aromatic rings. The molecule has 2 fully saturated rings. The zero-order chi connectivity index (χ0) is 21.1. The summed E-state index contributed by atoms with van der Waals surface area (Å²) in [5.74, 6) is 0.469. The number of phenolic OH excluding ortho intramolecular Hbond substituents is 1. The molecule has 0 saturated carbocycles. The molecule has 0 unspecified atom stereocenters. The molecular weight excluding hydrogens is 383 g/mol. The quantitative estimate of drug-likeness (QED) is 0.688. The van der Waals surface area contributed by atoms with E-state index in [1.807, 2.05) is 26.1 Å². The number of hydrogen-bond acceptors (Lipinski definition) is 7. The number of nitrogens with zero attached hydrogens (tertiary/aromatic N) is 5. The summed E-state index contributed by atoms with van der Waals surface area (Å²) in [6.07, 6.45) is 6.41. The highest BCUT2D eigenvalue weighted by Crippen LogP contribution is 2.45. The summed E-state index contributed by atoms with van der Waals surface area (Å²) < 4.78 is 15.4. The van der Waals surface area contributed by atoms with Gasteiger partial charge in [0.05, 0.1) is 12.2 Å². The van der Waals surface area contributed by atoms with E-state index in [9.17, 15) is 5.11 Å². The average molecular weight is 408 g/mol. The van der Waals surface area contributed by atoms with E-state index in [-0.39, 0.29) is 17.3 Å². The SMILES string of the molecule is CN(c1ncc(-c2cc3ccncc3cc2O)nn1)[C@H]1C[C@]2(C)CC[C@@](C)(N2)[C@H]1F. The second-order valence-corrected chi connectivity index (χ2v) is 9.12. The van der Waals surface area contributed by atoms with Gasteiger partial charge in [-0.05, 0) is 56.7 Å². The highest BCUT2D eigenvalue weighted by Gasteiger charge is 2.56. The minimum Gasteiger partial charge on any atom is -0.507 e. The highest BCUT2D eigenvalue weighted by molar-refractivity contribution is 5.89. The van der Waals surface area contributed by atoms with Crippen LogP contribution in [0.15, 0.2) is 36.8 Å². The minimum atomic E-state index is -1.03. The number of aromatic hydroxyl groups is 1. The minimum absolute atomic E-state index is 0.0740. The van der Waals surface area contributed by atoms with E-state index < -0.39 is 11.7 Å². The number of rotatable bonds is 3. The molecule has 4 atom stereocenters. The van der Waals surface area contributed by atoms with Crippen LogP contribution >= 0.6 is 0 Å². The van der Waals surface area contributed by atoms with E-state index in [4.69, 9.17) is 0 Å². The standard InChI is InChI=1S/C22H25FN6O/c1-21-5-6-22(2,28-21)19(23)17(10-21)29(3)20-25-12-16(26-27-20)15-8-13-4-7-24-11-14(13)9-18(15)30/h4,7-9,11-12,17,19,28,30H,5-6,10H2,1-3H3/t17-,19-,21-,22+/m0/s1. The maximum absolute atomic E-state index is 15.4. The van der Waals surface area contributed by atoms with E-state index in [0.29, 0.717) is 23.6 Å². The van der Waals surface area contributed by atoms with Crippen molar-refractivity contribution in [1.29, 1.82) is 0 Å². The summed E-state index contributed by atoms with van der Waals surface area (Å²) in [4.78, 5) is 10.3. The first kappa shape index (κ1) is 19.1. The first-order valence-electron chi connectivity index (χ1n) is 10.2. The molecule has 2 bridgehead atoms. The smallest absolute Gasteiger partial charge is 0.245 e. The Morgan fingerprint density at radius 2 is 2.00 bits per heavy atom. The number of phenols is 1. The molecule has 0 aliphatic carbocycles. The third-order valence-electron chi connectivity index (χ3n) is 6.78. The van der Waals surface area contributed by atoms with Crippen LogP contribution in [0.3, 0.4) is 0 Å². The van der Waals surface area contributed by atoms with Gasteiger partial charge < -0.3 is 15.3 Å². The molecule has 2 N–H and O–H groups in total. The molecule has 2 aromatic heterocycles. The van der Waals surface area contributed by atoms with Crippen LogP contribution in [0.25, 0.3) is 22.0 Å². The summed E-state index contributed by atoms with van der Waals surface area (Å²) in [5, 5.41) is 24.2. The zero-order valence-corrected chi connectivity index (χ0v) is 17.3. The van der Waals surface area contributed by atoms with Crippen LogP contribution in [-0.2, 0) is 0 Å². The summed E-state index contributed by atoms with van der Waals surface area (Å²) in [6, 6.07) is 5.04. The summed E-state index contributed by atoms with van der Waals surface area (Å²) in [6.45, 7) is 4.12. The fourth-order valence-electron chi connectivity index (χ4n) is 5.06. The molecule has 2 saturated heterocycles. The van der Waals surface area contributed by atoms with E-state index >= 15 is 4.39 Å². The van der Waals surface area contributed by atoms with Crippen LogP contribution in [0, 0.1) is 0 Å². The third-order valence-corrected chi connectivity index (χ3v) is 6.78. The first-order chi connectivity index (χ1) is 14.3. The number of pyridine rings is 1. The molecule has 2 aliphatic rings. The summed E-state index contributed by atoms with van der Waals surface area (Å²) >= 11 is 0. The molecule has 156 valence electrons. The Balaban J connectivity index is 1.43. The maximum Gasteiger partial charge on any atom is 0.245 e. The molecule has 1 aromatic carbocycles. The van der Waals surface area contributed by atoms with Gasteiger partial charge >= 0.3 is 0 Å². The number of nitrogens with one attached hydrogen (secondary N) is 1. The molecule has 0 radical (unpaired) electrons. The number of halogens is 1. The highest BCUT2D eigenvalue weighted by atomic mass is 19.1. The zero-order valence-electron chi connectivity index (χ0n) is 17.3. The molecular formula is C22H25FN6O. The number of fused-ring (bicyclic) bond motifs is 3. The van der Waals surface area contributed by atoms with Crippen molar-refractivity contribution in [2.24, 2.45) is 0 Å². The lowest BCUT2D eigenvalue weighted by Gasteiger charge is -2.47. The molecule has 2 aliphatic heterocycles. The van der Waals surface area contributed by atoms with Gasteiger partial charge in [0, 0.05) is 41.5 Å². The number of hydrogen-bond donors (Lipinski definition) is 2. The van der Waals surface area contributed by atoms with Crippen LogP contribution in [0.2, 0.25) is 0 Å². The fraction of sp³-hybridized carbons (Fsp3) is 0.455. The normalized spacial score (nSPS) is 30.5. The van der Waals surface area contributed by atoms with E-state index in [1.54, 1.807) is 29.6 Å². The van der Waals surface area contributed by atoms with E-state index in [2.05, 4.69) is 32.4 Å². The Morgan fingerprint density at radius 3 is 2.77 bits per heavy atom. The number of benzene rings is 1. The molecule has 7 nitrogen and oxygen atoms in total. The third kappa shape index (κ3) is 2.98. The predicted octanol–water partition coefficient (Wildman–Crippen LogP) is 3.24. The van der Waals surface area contributed by atoms with Crippen LogP contribution in [0.1, 0.15) is 33.1 Å². The predicted molar refractivity (Wildman–Crippen MR) is 113 cm³/mol. The second-order valence-electron chi connectivity index (χ2n) is 9.12. The van der Waals surface area contributed by atoms with Gasteiger partial charge in [0.1, 0.15) is 17.6 Å². The lowest BCUT2D eigenvalue weighted by atomic mass is 9.82. The number of aromatic nitrogens is 4. The van der Waals surface area contributed by atoms with Crippen molar-refractivity contribution in [3.63, 3.8) is 0 Å². The Labute approximate surface area is 174 Å². The van der Waals surface area contributed by atoms with Crippen LogP contribution in [0.5, 0.6) is 5.75 Å². The second kappa shape index (κ2) is 6.57. The maximum atomic E-state index is 15.4. The van der Waals surface area contributed by atoms with Gasteiger partial charge in [0.2, 0.25) is 5.95 Å². The van der Waals surface area contributed by atoms with Gasteiger partial charge in [-0.25, -0.2) is 9.37 Å². The van der Waals surface area contributed by atoms with Gasteiger partial charge in [-0.1, -0.05) is 0 Å². The number of piperidine rings is 1. The lowest BCUT2D eigenvalue weighted by molar-refractivity contribution is 0.0856. The van der Waals surface area contributed by atoms with Gasteiger partial charge in [-0.3, -0.25) is 4.98 Å². The van der Waals surface area contributed by atoms with Gasteiger partial charge in [-0.15, -0.1) is 10.2 Å². The van der Waals surface area contributed by atoms with E-state index in [0.717, 1.165) is 23.6 Å². The topological polar surface area (TPSA) is 87.1 Å². The Bertz CT molecular complexity index is 1110. The van der Waals surface area contributed by atoms with Crippen molar-refractivity contribution >= 4 is 16.7 Å². The van der Waals surface area contributed by atoms with Crippen molar-refractivity contribution in [2.75, 3.05) is 11.9 Å². The van der Waals surface area contributed by atoms with E-state index in [1.165, 1.54) is 0 Å². The van der Waals surface area contributed by atoms with Crippen molar-refractivity contribution in [3.05, 3.63) is 36.8 Å². The Morgan fingerprint density at radius 1 is 1.17 bits per heavy atom. The van der Waals surface area contributed by atoms with Gasteiger partial charge in [0.15, 0.2) is 0 Å². The Kier molecular flexibility index (Phi) is 4.18. The molecule has 0 spiro atoms. The fourth-order valence-corrected chi connectivity index (χ4v) is 5.06. The largest absolute Gasteiger partial charge is 0.507 e. The van der Waals surface area contributed by atoms with Crippen molar-refractivity contribution in [2.45, 2.75) is 56.4 Å². The van der Waals surface area contributed by atoms with Crippen LogP contribution < -0.4 is 10.2 Å².